The van der Waals surface area contributed by atoms with Crippen LogP contribution >= 0.6 is 0 Å². The van der Waals surface area contributed by atoms with Crippen LogP contribution in [0.3, 0.4) is 0 Å². The highest BCUT2D eigenvalue weighted by atomic mass is 19.4. The summed E-state index contributed by atoms with van der Waals surface area (Å²) >= 11 is 0. The van der Waals surface area contributed by atoms with Crippen LogP contribution in [0.2, 0.25) is 0 Å². The first-order valence-corrected chi connectivity index (χ1v) is 6.64. The topological polar surface area (TPSA) is 12.5 Å². The maximum atomic E-state index is 13.3. The summed E-state index contributed by atoms with van der Waals surface area (Å²) in [7, 11) is 0. The molecule has 0 atom stereocenters. The quantitative estimate of drug-likeness (QED) is 0.842. The normalized spacial score (nSPS) is 19.7. The Morgan fingerprint density at radius 2 is 1.65 bits per heavy atom. The summed E-state index contributed by atoms with van der Waals surface area (Å²) in [5.41, 5.74) is -1.55. The first-order chi connectivity index (χ1) is 9.14. The summed E-state index contributed by atoms with van der Waals surface area (Å²) < 4.78 is 45.1. The second kappa shape index (κ2) is 5.04. The van der Waals surface area contributed by atoms with E-state index < -0.39 is 11.8 Å². The summed E-state index contributed by atoms with van der Waals surface area (Å²) in [6.07, 6.45) is -4.34. The number of hydrogen-bond donors (Lipinski definition) is 0. The molecule has 2 nitrogen and oxygen atoms in total. The Labute approximate surface area is 117 Å². The van der Waals surface area contributed by atoms with Crippen molar-refractivity contribution in [2.24, 2.45) is 0 Å². The Kier molecular flexibility index (Phi) is 3.86. The second-order valence-electron chi connectivity index (χ2n) is 6.29. The van der Waals surface area contributed by atoms with Crippen LogP contribution in [0.25, 0.3) is 0 Å². The minimum Gasteiger partial charge on any atom is -0.358 e. The van der Waals surface area contributed by atoms with Gasteiger partial charge >= 0.3 is 6.18 Å². The first kappa shape index (κ1) is 15.3. The number of halogens is 3. The van der Waals surface area contributed by atoms with Gasteiger partial charge in [-0.1, -0.05) is 30.3 Å². The second-order valence-corrected chi connectivity index (χ2v) is 6.29. The molecule has 1 fully saturated rings. The average Bonchev–Trinajstić information content (AvgIpc) is 2.25. The van der Waals surface area contributed by atoms with Crippen molar-refractivity contribution in [1.82, 2.24) is 4.90 Å². The van der Waals surface area contributed by atoms with Gasteiger partial charge < -0.3 is 4.74 Å². The van der Waals surface area contributed by atoms with E-state index in [1.807, 2.05) is 26.8 Å². The van der Waals surface area contributed by atoms with Crippen molar-refractivity contribution < 1.29 is 17.9 Å². The zero-order valence-corrected chi connectivity index (χ0v) is 12.0. The average molecular weight is 287 g/mol. The fourth-order valence-corrected chi connectivity index (χ4v) is 2.19. The van der Waals surface area contributed by atoms with E-state index in [4.69, 9.17) is 4.74 Å². The van der Waals surface area contributed by atoms with E-state index in [9.17, 15) is 13.2 Å². The van der Waals surface area contributed by atoms with Gasteiger partial charge in [0, 0.05) is 18.6 Å². The van der Waals surface area contributed by atoms with Crippen LogP contribution in [0.4, 0.5) is 13.2 Å². The van der Waals surface area contributed by atoms with Gasteiger partial charge in [-0.3, -0.25) is 4.90 Å². The Balaban J connectivity index is 2.04. The fourth-order valence-electron chi connectivity index (χ4n) is 2.19. The summed E-state index contributed by atoms with van der Waals surface area (Å²) in [4.78, 5) is 1.78. The molecule has 0 unspecified atom stereocenters. The number of alkyl halides is 3. The van der Waals surface area contributed by atoms with Crippen LogP contribution in [0, 0.1) is 0 Å². The van der Waals surface area contributed by atoms with E-state index in [-0.39, 0.29) is 25.2 Å². The molecule has 20 heavy (non-hydrogen) atoms. The number of benzene rings is 1. The molecule has 2 rings (SSSR count). The number of rotatable bonds is 3. The molecule has 1 aliphatic heterocycles. The van der Waals surface area contributed by atoms with Gasteiger partial charge in [0.05, 0.1) is 6.61 Å². The summed E-state index contributed by atoms with van der Waals surface area (Å²) in [5, 5.41) is 0. The Bertz CT molecular complexity index is 444. The lowest BCUT2D eigenvalue weighted by Gasteiger charge is -2.55. The molecule has 0 aliphatic carbocycles. The molecule has 5 heteroatoms. The lowest BCUT2D eigenvalue weighted by molar-refractivity contribution is -0.330. The van der Waals surface area contributed by atoms with Crippen molar-refractivity contribution >= 4 is 0 Å². The van der Waals surface area contributed by atoms with Gasteiger partial charge in [0.2, 0.25) is 0 Å². The third-order valence-corrected chi connectivity index (χ3v) is 3.72. The van der Waals surface area contributed by atoms with E-state index in [0.29, 0.717) is 0 Å². The van der Waals surface area contributed by atoms with E-state index in [1.165, 1.54) is 0 Å². The minimum atomic E-state index is -4.34. The highest BCUT2D eigenvalue weighted by Crippen LogP contribution is 2.43. The highest BCUT2D eigenvalue weighted by Gasteiger charge is 2.64. The molecular weight excluding hydrogens is 267 g/mol. The molecule has 0 aromatic heterocycles. The van der Waals surface area contributed by atoms with E-state index in [0.717, 1.165) is 5.56 Å². The van der Waals surface area contributed by atoms with Gasteiger partial charge in [0.15, 0.2) is 5.60 Å². The SMILES string of the molecule is CC(C)(C)N1CC(OCc2ccccc2)(C(F)(F)F)C1. The summed E-state index contributed by atoms with van der Waals surface area (Å²) in [6, 6.07) is 8.95. The molecule has 1 saturated heterocycles. The van der Waals surface area contributed by atoms with Crippen LogP contribution in [0.5, 0.6) is 0 Å². The standard InChI is InChI=1S/C15H20F3NO/c1-13(2,3)19-10-14(11-19,15(16,17)18)20-9-12-7-5-4-6-8-12/h4-8H,9-11H2,1-3H3. The van der Waals surface area contributed by atoms with Crippen molar-refractivity contribution in [3.05, 3.63) is 35.9 Å². The Hall–Kier alpha value is -1.07. The molecule has 1 aromatic rings. The lowest BCUT2D eigenvalue weighted by atomic mass is 9.87. The van der Waals surface area contributed by atoms with Crippen molar-refractivity contribution in [1.29, 1.82) is 0 Å². The largest absolute Gasteiger partial charge is 0.419 e. The van der Waals surface area contributed by atoms with Gasteiger partial charge in [-0.25, -0.2) is 0 Å². The minimum absolute atomic E-state index is 0.0155. The maximum Gasteiger partial charge on any atom is 0.419 e. The van der Waals surface area contributed by atoms with E-state index >= 15 is 0 Å². The fraction of sp³-hybridized carbons (Fsp3) is 0.600. The smallest absolute Gasteiger partial charge is 0.358 e. The van der Waals surface area contributed by atoms with Gasteiger partial charge in [-0.2, -0.15) is 13.2 Å². The molecule has 0 N–H and O–H groups in total. The van der Waals surface area contributed by atoms with Gasteiger partial charge in [0.1, 0.15) is 0 Å². The zero-order valence-electron chi connectivity index (χ0n) is 12.0. The van der Waals surface area contributed by atoms with Crippen LogP contribution in [0.1, 0.15) is 26.3 Å². The predicted molar refractivity (Wildman–Crippen MR) is 71.3 cm³/mol. The highest BCUT2D eigenvalue weighted by molar-refractivity contribution is 5.14. The summed E-state index contributed by atoms with van der Waals surface area (Å²) in [5.74, 6) is 0. The Morgan fingerprint density at radius 3 is 2.10 bits per heavy atom. The predicted octanol–water partition coefficient (Wildman–Crippen LogP) is 3.62. The third-order valence-electron chi connectivity index (χ3n) is 3.72. The molecule has 0 bridgehead atoms. The third kappa shape index (κ3) is 2.99. The van der Waals surface area contributed by atoms with Gasteiger partial charge in [0.25, 0.3) is 0 Å². The first-order valence-electron chi connectivity index (χ1n) is 6.64. The molecule has 1 aliphatic rings. The van der Waals surface area contributed by atoms with Crippen molar-refractivity contribution in [2.45, 2.75) is 44.7 Å². The molecular formula is C15H20F3NO. The number of ether oxygens (including phenoxy) is 1. The molecule has 1 heterocycles. The van der Waals surface area contributed by atoms with Crippen LogP contribution in [0.15, 0.2) is 30.3 Å². The lowest BCUT2D eigenvalue weighted by Crippen LogP contribution is -2.73. The van der Waals surface area contributed by atoms with Crippen molar-refractivity contribution in [3.63, 3.8) is 0 Å². The molecule has 0 amide bonds. The van der Waals surface area contributed by atoms with Crippen molar-refractivity contribution in [2.75, 3.05) is 13.1 Å². The van der Waals surface area contributed by atoms with Crippen LogP contribution < -0.4 is 0 Å². The molecule has 0 radical (unpaired) electrons. The molecule has 112 valence electrons. The van der Waals surface area contributed by atoms with Crippen LogP contribution in [-0.2, 0) is 11.3 Å². The summed E-state index contributed by atoms with van der Waals surface area (Å²) in [6.45, 7) is 5.50. The number of likely N-dealkylation sites (tertiary alicyclic amines) is 1. The molecule has 0 saturated carbocycles. The zero-order chi connectivity index (χ0) is 15.0. The molecule has 0 spiro atoms. The van der Waals surface area contributed by atoms with Gasteiger partial charge in [-0.15, -0.1) is 0 Å². The van der Waals surface area contributed by atoms with E-state index in [1.54, 1.807) is 29.2 Å². The van der Waals surface area contributed by atoms with Crippen molar-refractivity contribution in [3.8, 4) is 0 Å². The van der Waals surface area contributed by atoms with E-state index in [2.05, 4.69) is 0 Å². The number of hydrogen-bond acceptors (Lipinski definition) is 2. The van der Waals surface area contributed by atoms with Crippen LogP contribution in [-0.4, -0.2) is 35.3 Å². The maximum absolute atomic E-state index is 13.3. The Morgan fingerprint density at radius 1 is 1.10 bits per heavy atom. The molecule has 1 aromatic carbocycles. The monoisotopic (exact) mass is 287 g/mol. The number of nitrogens with zero attached hydrogens (tertiary/aromatic N) is 1. The van der Waals surface area contributed by atoms with Gasteiger partial charge in [-0.05, 0) is 26.3 Å².